The number of piperidine rings is 1. The fraction of sp³-hybridized carbons (Fsp3) is 0.588. The van der Waals surface area contributed by atoms with Crippen LogP contribution in [0.15, 0.2) is 30.3 Å². The predicted octanol–water partition coefficient (Wildman–Crippen LogP) is 2.07. The molecular formula is C17H27N3O2. The highest BCUT2D eigenvalue weighted by Gasteiger charge is 2.27. The first kappa shape index (κ1) is 16.8. The number of benzene rings is 1. The molecule has 1 amide bonds. The Kier molecular flexibility index (Phi) is 6.68. The van der Waals surface area contributed by atoms with Crippen LogP contribution in [0.3, 0.4) is 0 Å². The Hall–Kier alpha value is -1.59. The molecule has 0 unspecified atom stereocenters. The number of nitrogens with two attached hydrogens (primary N) is 1. The molecule has 0 spiro atoms. The Morgan fingerprint density at radius 3 is 2.59 bits per heavy atom. The zero-order valence-electron chi connectivity index (χ0n) is 13.4. The van der Waals surface area contributed by atoms with Crippen LogP contribution in [0.2, 0.25) is 0 Å². The number of hydrogen-bond donors (Lipinski definition) is 1. The molecule has 122 valence electrons. The molecule has 2 rings (SSSR count). The Morgan fingerprint density at radius 2 is 2.00 bits per heavy atom. The normalized spacial score (nSPS) is 16.5. The van der Waals surface area contributed by atoms with Crippen LogP contribution in [-0.4, -0.2) is 54.7 Å². The van der Waals surface area contributed by atoms with Gasteiger partial charge in [0.05, 0.1) is 0 Å². The Morgan fingerprint density at radius 1 is 1.32 bits per heavy atom. The first-order valence-electron chi connectivity index (χ1n) is 8.14. The molecule has 0 bridgehead atoms. The summed E-state index contributed by atoms with van der Waals surface area (Å²) in [6.45, 7) is 6.68. The number of carbonyl (C=O) groups is 1. The maximum absolute atomic E-state index is 12.3. The molecule has 0 saturated carbocycles. The van der Waals surface area contributed by atoms with Crippen LogP contribution < -0.4 is 5.73 Å². The molecule has 1 aromatic carbocycles. The molecule has 1 saturated heterocycles. The second kappa shape index (κ2) is 8.76. The van der Waals surface area contributed by atoms with Gasteiger partial charge in [0.15, 0.2) is 0 Å². The number of likely N-dealkylation sites (tertiary alicyclic amines) is 1. The fourth-order valence-electron chi connectivity index (χ4n) is 2.98. The third-order valence-electron chi connectivity index (χ3n) is 4.22. The molecule has 5 nitrogen and oxygen atoms in total. The van der Waals surface area contributed by atoms with Crippen LogP contribution in [0.25, 0.3) is 0 Å². The van der Waals surface area contributed by atoms with E-state index in [1.807, 2.05) is 42.2 Å². The van der Waals surface area contributed by atoms with Crippen LogP contribution in [0.4, 0.5) is 4.79 Å². The van der Waals surface area contributed by atoms with Gasteiger partial charge in [-0.25, -0.2) is 4.79 Å². The fourth-order valence-corrected chi connectivity index (χ4v) is 2.98. The van der Waals surface area contributed by atoms with Gasteiger partial charge in [-0.05, 0) is 25.3 Å². The lowest BCUT2D eigenvalue weighted by Gasteiger charge is -2.37. The maximum Gasteiger partial charge on any atom is 0.410 e. The number of nitrogens with zero attached hydrogens (tertiary/aromatic N) is 2. The molecule has 22 heavy (non-hydrogen) atoms. The summed E-state index contributed by atoms with van der Waals surface area (Å²) in [5.41, 5.74) is 6.62. The van der Waals surface area contributed by atoms with E-state index in [1.54, 1.807) is 0 Å². The number of carbonyl (C=O) groups excluding carboxylic acids is 1. The highest BCUT2D eigenvalue weighted by Crippen LogP contribution is 2.17. The van der Waals surface area contributed by atoms with E-state index in [-0.39, 0.29) is 12.1 Å². The lowest BCUT2D eigenvalue weighted by Crippen LogP contribution is -2.48. The van der Waals surface area contributed by atoms with Crippen molar-refractivity contribution >= 4 is 6.09 Å². The van der Waals surface area contributed by atoms with Crippen molar-refractivity contribution in [2.24, 2.45) is 5.73 Å². The average Bonchev–Trinajstić information content (AvgIpc) is 2.56. The van der Waals surface area contributed by atoms with Crippen molar-refractivity contribution in [3.05, 3.63) is 35.9 Å². The van der Waals surface area contributed by atoms with Crippen LogP contribution in [-0.2, 0) is 11.3 Å². The largest absolute Gasteiger partial charge is 0.445 e. The molecule has 1 fully saturated rings. The van der Waals surface area contributed by atoms with Crippen molar-refractivity contribution in [1.82, 2.24) is 9.80 Å². The number of amides is 1. The number of ether oxygens (including phenoxy) is 1. The lowest BCUT2D eigenvalue weighted by atomic mass is 10.0. The summed E-state index contributed by atoms with van der Waals surface area (Å²) in [4.78, 5) is 16.5. The summed E-state index contributed by atoms with van der Waals surface area (Å²) >= 11 is 0. The van der Waals surface area contributed by atoms with E-state index in [0.717, 1.165) is 38.0 Å². The monoisotopic (exact) mass is 305 g/mol. The zero-order valence-corrected chi connectivity index (χ0v) is 13.4. The Balaban J connectivity index is 1.82. The van der Waals surface area contributed by atoms with E-state index < -0.39 is 0 Å². The quantitative estimate of drug-likeness (QED) is 0.874. The van der Waals surface area contributed by atoms with Gasteiger partial charge in [0.25, 0.3) is 0 Å². The molecule has 0 atom stereocenters. The third-order valence-corrected chi connectivity index (χ3v) is 4.22. The third kappa shape index (κ3) is 4.71. The van der Waals surface area contributed by atoms with Crippen LogP contribution in [0.1, 0.15) is 25.3 Å². The standard InChI is InChI=1S/C17H27N3O2/c1-2-20(16-8-11-19(12-9-16)13-10-18)17(21)22-14-15-6-4-3-5-7-15/h3-7,16H,2,8-14,18H2,1H3. The molecule has 2 N–H and O–H groups in total. The topological polar surface area (TPSA) is 58.8 Å². The summed E-state index contributed by atoms with van der Waals surface area (Å²) in [6.07, 6.45) is 1.78. The van der Waals surface area contributed by atoms with Crippen LogP contribution in [0.5, 0.6) is 0 Å². The van der Waals surface area contributed by atoms with Crippen molar-refractivity contribution in [3.63, 3.8) is 0 Å². The molecule has 0 aromatic heterocycles. The van der Waals surface area contributed by atoms with Crippen molar-refractivity contribution in [2.75, 3.05) is 32.7 Å². The van der Waals surface area contributed by atoms with Crippen LogP contribution >= 0.6 is 0 Å². The molecular weight excluding hydrogens is 278 g/mol. The van der Waals surface area contributed by atoms with Crippen LogP contribution in [0, 0.1) is 0 Å². The molecule has 0 aliphatic carbocycles. The lowest BCUT2D eigenvalue weighted by molar-refractivity contribution is 0.0636. The van der Waals surface area contributed by atoms with Gasteiger partial charge in [-0.15, -0.1) is 0 Å². The minimum absolute atomic E-state index is 0.205. The first-order valence-corrected chi connectivity index (χ1v) is 8.14. The second-order valence-corrected chi connectivity index (χ2v) is 5.69. The summed E-state index contributed by atoms with van der Waals surface area (Å²) in [7, 11) is 0. The molecule has 5 heteroatoms. The van der Waals surface area contributed by atoms with Gasteiger partial charge in [0.1, 0.15) is 6.61 Å². The minimum Gasteiger partial charge on any atom is -0.445 e. The van der Waals surface area contributed by atoms with Gasteiger partial charge >= 0.3 is 6.09 Å². The molecule has 1 heterocycles. The Labute approximate surface area is 133 Å². The highest BCUT2D eigenvalue weighted by atomic mass is 16.6. The number of hydrogen-bond acceptors (Lipinski definition) is 4. The van der Waals surface area contributed by atoms with E-state index >= 15 is 0 Å². The minimum atomic E-state index is -0.205. The van der Waals surface area contributed by atoms with Crippen molar-refractivity contribution in [1.29, 1.82) is 0 Å². The molecule has 0 radical (unpaired) electrons. The summed E-state index contributed by atoms with van der Waals surface area (Å²) in [5.74, 6) is 0. The van der Waals surface area contributed by atoms with Gasteiger partial charge in [-0.1, -0.05) is 30.3 Å². The Bertz CT molecular complexity index is 444. The van der Waals surface area contributed by atoms with E-state index in [0.29, 0.717) is 19.7 Å². The highest BCUT2D eigenvalue weighted by molar-refractivity contribution is 5.68. The number of rotatable bonds is 6. The smallest absolute Gasteiger partial charge is 0.410 e. The first-order chi connectivity index (χ1) is 10.7. The van der Waals surface area contributed by atoms with Gasteiger partial charge < -0.3 is 20.3 Å². The van der Waals surface area contributed by atoms with Crippen molar-refractivity contribution in [2.45, 2.75) is 32.4 Å². The van der Waals surface area contributed by atoms with Gasteiger partial charge in [-0.3, -0.25) is 0 Å². The zero-order chi connectivity index (χ0) is 15.8. The van der Waals surface area contributed by atoms with Crippen molar-refractivity contribution < 1.29 is 9.53 Å². The predicted molar refractivity (Wildman–Crippen MR) is 87.5 cm³/mol. The van der Waals surface area contributed by atoms with E-state index in [1.165, 1.54) is 0 Å². The SMILES string of the molecule is CCN(C(=O)OCc1ccccc1)C1CCN(CCN)CC1. The summed E-state index contributed by atoms with van der Waals surface area (Å²) < 4.78 is 5.46. The van der Waals surface area contributed by atoms with Gasteiger partial charge in [0.2, 0.25) is 0 Å². The molecule has 1 aliphatic heterocycles. The average molecular weight is 305 g/mol. The summed E-state index contributed by atoms with van der Waals surface area (Å²) in [5, 5.41) is 0. The maximum atomic E-state index is 12.3. The van der Waals surface area contributed by atoms with Gasteiger partial charge in [0, 0.05) is 38.8 Å². The second-order valence-electron chi connectivity index (χ2n) is 5.69. The molecule has 1 aliphatic rings. The van der Waals surface area contributed by atoms with E-state index in [4.69, 9.17) is 10.5 Å². The van der Waals surface area contributed by atoms with E-state index in [9.17, 15) is 4.79 Å². The summed E-state index contributed by atoms with van der Waals surface area (Å²) in [6, 6.07) is 10.1. The van der Waals surface area contributed by atoms with Crippen molar-refractivity contribution in [3.8, 4) is 0 Å². The van der Waals surface area contributed by atoms with E-state index in [2.05, 4.69) is 4.90 Å². The molecule has 1 aromatic rings. The van der Waals surface area contributed by atoms with Gasteiger partial charge in [-0.2, -0.15) is 0 Å².